The molecule has 4 aromatic carbocycles. The van der Waals surface area contributed by atoms with Gasteiger partial charge in [0, 0.05) is 104 Å². The number of aromatic nitrogens is 6. The Morgan fingerprint density at radius 3 is 1.41 bits per heavy atom. The molecule has 0 bridgehead atoms. The first-order valence-electron chi connectivity index (χ1n) is 26.5. The van der Waals surface area contributed by atoms with Crippen molar-refractivity contribution in [2.24, 2.45) is 5.73 Å². The molecule has 0 aliphatic carbocycles. The fourth-order valence-electron chi connectivity index (χ4n) is 8.43. The zero-order valence-corrected chi connectivity index (χ0v) is 48.8. The molecule has 4 heterocycles. The van der Waals surface area contributed by atoms with Crippen LogP contribution in [-0.4, -0.2) is 117 Å². The number of pyridine rings is 2. The summed E-state index contributed by atoms with van der Waals surface area (Å²) in [5.74, 6) is -5.25. The van der Waals surface area contributed by atoms with Crippen molar-refractivity contribution in [1.29, 1.82) is 0 Å². The lowest BCUT2D eigenvalue weighted by Crippen LogP contribution is -2.45. The van der Waals surface area contributed by atoms with Gasteiger partial charge in [-0.15, -0.1) is 0 Å². The number of hydrogen-bond donors (Lipinski definition) is 5. The Kier molecular flexibility index (Phi) is 23.1. The SMILES string of the molecule is CC(=O)c1nn(CC(=O)N(CC(=O)NCc2cccc(Cl)c2F)C(C)C)c2ccc(C(=O)NCc3cccnc3)cc12.CC(=O)c1nn(CC(=O)N(CC(=O)NCc2cccc(Cl)c2F)C(C)C)c2ccc(C(=O)O)cc12.NCc1cccnc1. The Bertz CT molecular complexity index is 3750. The van der Waals surface area contributed by atoms with Crippen molar-refractivity contribution < 1.29 is 52.2 Å². The van der Waals surface area contributed by atoms with Crippen LogP contribution in [0.15, 0.2) is 122 Å². The Balaban J connectivity index is 0.000000243. The van der Waals surface area contributed by atoms with E-state index in [4.69, 9.17) is 28.9 Å². The smallest absolute Gasteiger partial charge is 0.335 e. The number of rotatable bonds is 21. The van der Waals surface area contributed by atoms with Gasteiger partial charge in [0.05, 0.1) is 39.7 Å². The molecular formula is C60H62Cl2F2N12O9. The van der Waals surface area contributed by atoms with E-state index in [1.165, 1.54) is 75.5 Å². The van der Waals surface area contributed by atoms with Crippen LogP contribution in [-0.2, 0) is 58.4 Å². The zero-order chi connectivity index (χ0) is 62.1. The lowest BCUT2D eigenvalue weighted by Gasteiger charge is -2.26. The van der Waals surface area contributed by atoms with Gasteiger partial charge in [-0.2, -0.15) is 10.2 Å². The van der Waals surface area contributed by atoms with Crippen molar-refractivity contribution in [3.05, 3.63) is 188 Å². The molecule has 4 aromatic heterocycles. The monoisotopic (exact) mass is 1200 g/mol. The van der Waals surface area contributed by atoms with E-state index < -0.39 is 41.2 Å². The maximum Gasteiger partial charge on any atom is 0.335 e. The van der Waals surface area contributed by atoms with Crippen LogP contribution in [0.25, 0.3) is 21.8 Å². The van der Waals surface area contributed by atoms with Crippen LogP contribution in [0.3, 0.4) is 0 Å². The molecule has 0 aliphatic rings. The molecule has 5 amide bonds. The molecule has 0 radical (unpaired) electrons. The number of halogens is 4. The van der Waals surface area contributed by atoms with Crippen molar-refractivity contribution in [2.45, 2.75) is 92.9 Å². The highest BCUT2D eigenvalue weighted by atomic mass is 35.5. The summed E-state index contributed by atoms with van der Waals surface area (Å²) in [5.41, 5.74) is 9.06. The number of benzene rings is 4. The van der Waals surface area contributed by atoms with Gasteiger partial charge in [0.2, 0.25) is 23.6 Å². The normalized spacial score (nSPS) is 10.8. The minimum Gasteiger partial charge on any atom is -0.478 e. The van der Waals surface area contributed by atoms with Crippen LogP contribution in [0.1, 0.15) is 105 Å². The van der Waals surface area contributed by atoms with E-state index in [2.05, 4.69) is 36.1 Å². The van der Waals surface area contributed by atoms with Crippen molar-refractivity contribution >= 4 is 92.1 Å². The van der Waals surface area contributed by atoms with Gasteiger partial charge in [-0.25, -0.2) is 13.6 Å². The number of fused-ring (bicyclic) bond motifs is 2. The highest BCUT2D eigenvalue weighted by molar-refractivity contribution is 6.31. The first kappa shape index (κ1) is 64.8. The molecule has 0 unspecified atom stereocenters. The molecule has 0 saturated heterocycles. The Labute approximate surface area is 497 Å². The Hall–Kier alpha value is -9.32. The Morgan fingerprint density at radius 1 is 0.588 bits per heavy atom. The molecule has 0 fully saturated rings. The third-order valence-corrected chi connectivity index (χ3v) is 13.5. The standard InChI is InChI=1S/C30H30ClFN6O4.C24H24ClFN4O5.C6H8N2/c1-18(2)37(16-26(40)34-15-22-7-4-8-24(31)28(22)32)27(41)17-38-25-10-9-21(12-23(25)29(36-38)19(3)39)30(42)35-14-20-6-5-11-33-13-20;1-13(2)29(11-20(32)27-10-16-5-4-6-18(25)22(16)26)21(33)12-30-19-8-7-15(24(34)35)9-17(19)23(28-30)14(3)31;7-4-6-2-1-3-8-5-6/h4-13,18H,14-17H2,1-3H3,(H,34,40)(H,35,42);4-9,13H,10-12H2,1-3H3,(H,27,32)(H,34,35);1-3,5H,4,7H2. The van der Waals surface area contributed by atoms with E-state index in [9.17, 15) is 52.2 Å². The summed E-state index contributed by atoms with van der Waals surface area (Å²) in [6, 6.07) is 24.7. The van der Waals surface area contributed by atoms with Crippen molar-refractivity contribution in [3.8, 4) is 0 Å². The summed E-state index contributed by atoms with van der Waals surface area (Å²) in [6.45, 7) is 9.28. The van der Waals surface area contributed by atoms with Crippen molar-refractivity contribution in [2.75, 3.05) is 13.1 Å². The largest absolute Gasteiger partial charge is 0.478 e. The number of ketones is 2. The van der Waals surface area contributed by atoms with Crippen LogP contribution < -0.4 is 21.7 Å². The number of carbonyl (C=O) groups excluding carboxylic acids is 7. The summed E-state index contributed by atoms with van der Waals surface area (Å²) in [4.78, 5) is 111. The molecule has 85 heavy (non-hydrogen) atoms. The van der Waals surface area contributed by atoms with Crippen LogP contribution in [0.2, 0.25) is 10.0 Å². The van der Waals surface area contributed by atoms with Crippen LogP contribution in [0.5, 0.6) is 0 Å². The average Bonchev–Trinajstić information content (AvgIpc) is 2.73. The summed E-state index contributed by atoms with van der Waals surface area (Å²) in [6.07, 6.45) is 6.80. The van der Waals surface area contributed by atoms with E-state index in [1.54, 1.807) is 88.9 Å². The summed E-state index contributed by atoms with van der Waals surface area (Å²) in [7, 11) is 0. The molecular weight excluding hydrogens is 1140 g/mol. The number of carboxylic acids is 1. The highest BCUT2D eigenvalue weighted by Gasteiger charge is 2.26. The molecule has 0 aliphatic heterocycles. The third-order valence-electron chi connectivity index (χ3n) is 12.9. The zero-order valence-electron chi connectivity index (χ0n) is 47.2. The second kappa shape index (κ2) is 30.3. The predicted molar refractivity (Wildman–Crippen MR) is 314 cm³/mol. The molecule has 0 saturated carbocycles. The van der Waals surface area contributed by atoms with Gasteiger partial charge in [-0.05, 0) is 99.5 Å². The third kappa shape index (κ3) is 17.6. The molecule has 21 nitrogen and oxygen atoms in total. The number of nitrogens with one attached hydrogen (secondary N) is 3. The molecule has 0 atom stereocenters. The van der Waals surface area contributed by atoms with Gasteiger partial charge in [0.15, 0.2) is 11.6 Å². The number of hydrogen-bond acceptors (Lipinski definition) is 13. The van der Waals surface area contributed by atoms with E-state index in [0.717, 1.165) is 11.1 Å². The quantitative estimate of drug-likeness (QED) is 0.0431. The van der Waals surface area contributed by atoms with Gasteiger partial charge in [0.1, 0.15) is 36.1 Å². The maximum absolute atomic E-state index is 14.2. The molecule has 444 valence electrons. The van der Waals surface area contributed by atoms with Crippen LogP contribution in [0.4, 0.5) is 8.78 Å². The summed E-state index contributed by atoms with van der Waals surface area (Å²) < 4.78 is 30.9. The number of amides is 5. The number of Topliss-reactive ketones (excluding diaryl/α,β-unsaturated/α-hetero) is 2. The fourth-order valence-corrected chi connectivity index (χ4v) is 8.82. The van der Waals surface area contributed by atoms with Gasteiger partial charge in [-0.1, -0.05) is 59.6 Å². The Morgan fingerprint density at radius 2 is 1.02 bits per heavy atom. The van der Waals surface area contributed by atoms with E-state index in [1.807, 2.05) is 18.2 Å². The van der Waals surface area contributed by atoms with Gasteiger partial charge in [-0.3, -0.25) is 52.9 Å². The lowest BCUT2D eigenvalue weighted by molar-refractivity contribution is -0.138. The first-order valence-corrected chi connectivity index (χ1v) is 27.2. The minimum atomic E-state index is -1.15. The molecule has 8 rings (SSSR count). The number of carbonyl (C=O) groups is 8. The first-order chi connectivity index (χ1) is 40.5. The van der Waals surface area contributed by atoms with E-state index >= 15 is 0 Å². The lowest BCUT2D eigenvalue weighted by atomic mass is 10.1. The van der Waals surface area contributed by atoms with Gasteiger partial charge >= 0.3 is 5.97 Å². The molecule has 6 N–H and O–H groups in total. The maximum atomic E-state index is 14.2. The van der Waals surface area contributed by atoms with E-state index in [0.29, 0.717) is 33.9 Å². The highest BCUT2D eigenvalue weighted by Crippen LogP contribution is 2.25. The van der Waals surface area contributed by atoms with Gasteiger partial charge < -0.3 is 36.6 Å². The van der Waals surface area contributed by atoms with Crippen LogP contribution in [0, 0.1) is 11.6 Å². The fraction of sp³-hybridized carbons (Fsp3) is 0.267. The minimum absolute atomic E-state index is 0.0116. The summed E-state index contributed by atoms with van der Waals surface area (Å²) >= 11 is 11.6. The summed E-state index contributed by atoms with van der Waals surface area (Å²) in [5, 5.41) is 26.5. The van der Waals surface area contributed by atoms with Crippen LogP contribution >= 0.6 is 23.2 Å². The van der Waals surface area contributed by atoms with E-state index in [-0.39, 0.29) is 113 Å². The van der Waals surface area contributed by atoms with Crippen molar-refractivity contribution in [1.82, 2.24) is 55.3 Å². The number of nitrogens with two attached hydrogens (primary N) is 1. The number of aromatic carboxylic acids is 1. The van der Waals surface area contributed by atoms with Gasteiger partial charge in [0.25, 0.3) is 5.91 Å². The number of carboxylic acid groups (broad SMARTS) is 1. The average molecular weight is 1200 g/mol. The topological polar surface area (TPSA) is 287 Å². The second-order valence-corrected chi connectivity index (χ2v) is 20.5. The molecule has 0 spiro atoms. The second-order valence-electron chi connectivity index (χ2n) is 19.7. The molecule has 25 heteroatoms. The predicted octanol–water partition coefficient (Wildman–Crippen LogP) is 7.73. The number of nitrogens with zero attached hydrogens (tertiary/aromatic N) is 8. The van der Waals surface area contributed by atoms with Crippen molar-refractivity contribution in [3.63, 3.8) is 0 Å². The molecule has 8 aromatic rings.